The molecule has 3 N–H and O–H groups in total. The van der Waals surface area contributed by atoms with Crippen molar-refractivity contribution in [3.63, 3.8) is 0 Å². The number of aliphatic hydroxyl groups is 1. The van der Waals surface area contributed by atoms with Crippen LogP contribution in [0.4, 0.5) is 35.0 Å². The molecule has 0 saturated carbocycles. The van der Waals surface area contributed by atoms with Crippen molar-refractivity contribution in [2.45, 2.75) is 26.3 Å². The van der Waals surface area contributed by atoms with Gasteiger partial charge in [-0.05, 0) is 30.2 Å². The van der Waals surface area contributed by atoms with E-state index >= 15 is 0 Å². The Kier molecular flexibility index (Phi) is 7.60. The lowest BCUT2D eigenvalue weighted by atomic mass is 10.1. The Bertz CT molecular complexity index is 1090. The Hall–Kier alpha value is -3.11. The Morgan fingerprint density at radius 1 is 1.09 bits per heavy atom. The molecule has 3 aromatic rings. The van der Waals surface area contributed by atoms with Crippen molar-refractivity contribution >= 4 is 29.1 Å². The second-order valence-corrected chi connectivity index (χ2v) is 7.84. The molecule has 2 aromatic carbocycles. The molecule has 1 atom stereocenters. The molecule has 176 valence electrons. The average molecular weight is 485 g/mol. The van der Waals surface area contributed by atoms with Crippen LogP contribution >= 0.6 is 11.6 Å². The molecule has 0 radical (unpaired) electrons. The molecule has 0 amide bonds. The van der Waals surface area contributed by atoms with E-state index in [1.165, 1.54) is 36.4 Å². The first-order valence-corrected chi connectivity index (χ1v) is 10.3. The fourth-order valence-corrected chi connectivity index (χ4v) is 3.12. The number of alkyl halides is 3. The van der Waals surface area contributed by atoms with Gasteiger partial charge in [-0.15, -0.1) is 13.2 Å². The number of para-hydroxylation sites is 1. The summed E-state index contributed by atoms with van der Waals surface area (Å²) in [6, 6.07) is 10.5. The van der Waals surface area contributed by atoms with Crippen LogP contribution in [-0.2, 0) is 0 Å². The second kappa shape index (κ2) is 10.2. The lowest BCUT2D eigenvalue weighted by Gasteiger charge is -2.21. The lowest BCUT2D eigenvalue weighted by molar-refractivity contribution is -0.274. The number of aromatic nitrogens is 2. The van der Waals surface area contributed by atoms with Gasteiger partial charge in [0.25, 0.3) is 0 Å². The lowest BCUT2D eigenvalue weighted by Crippen LogP contribution is -2.30. The van der Waals surface area contributed by atoms with Gasteiger partial charge in [-0.1, -0.05) is 43.6 Å². The zero-order chi connectivity index (χ0) is 24.2. The van der Waals surface area contributed by atoms with Crippen LogP contribution in [0.2, 0.25) is 5.02 Å². The van der Waals surface area contributed by atoms with E-state index in [1.54, 1.807) is 6.07 Å². The fraction of sp³-hybridized carbons (Fsp3) is 0.273. The molecular formula is C22H21ClF4N4O2. The van der Waals surface area contributed by atoms with Gasteiger partial charge < -0.3 is 20.5 Å². The highest BCUT2D eigenvalue weighted by Crippen LogP contribution is 2.32. The van der Waals surface area contributed by atoms with E-state index in [9.17, 15) is 22.7 Å². The summed E-state index contributed by atoms with van der Waals surface area (Å²) >= 11 is 6.09. The number of halogens is 5. The van der Waals surface area contributed by atoms with Crippen molar-refractivity contribution in [2.75, 3.05) is 17.2 Å². The molecule has 3 rings (SSSR count). The standard InChI is InChI=1S/C22H21ClF4N4O2/c1-12(2)18(11-32)29-21-28-17(13-5-3-6-14(9-13)33-22(25,26)27)10-19(31-21)30-20-15(23)7-4-8-16(20)24/h3-10,12,18,32H,11H2,1-2H3,(H2,28,29,30,31)/t18-/m0/s1. The van der Waals surface area contributed by atoms with Crippen LogP contribution in [0.15, 0.2) is 48.5 Å². The van der Waals surface area contributed by atoms with Crippen LogP contribution in [0.3, 0.4) is 0 Å². The summed E-state index contributed by atoms with van der Waals surface area (Å²) in [6.07, 6.45) is -4.85. The topological polar surface area (TPSA) is 79.3 Å². The van der Waals surface area contributed by atoms with Crippen LogP contribution in [-0.4, -0.2) is 34.1 Å². The summed E-state index contributed by atoms with van der Waals surface area (Å²) < 4.78 is 56.2. The molecule has 0 spiro atoms. The van der Waals surface area contributed by atoms with E-state index in [-0.39, 0.29) is 40.7 Å². The van der Waals surface area contributed by atoms with Crippen LogP contribution in [0.5, 0.6) is 5.75 Å². The third-order valence-corrected chi connectivity index (χ3v) is 4.94. The van der Waals surface area contributed by atoms with Gasteiger partial charge in [0.05, 0.1) is 29.1 Å². The van der Waals surface area contributed by atoms with Crippen molar-refractivity contribution in [3.8, 4) is 17.0 Å². The largest absolute Gasteiger partial charge is 0.573 e. The minimum Gasteiger partial charge on any atom is -0.406 e. The molecule has 11 heteroatoms. The maximum Gasteiger partial charge on any atom is 0.573 e. The molecule has 1 aromatic heterocycles. The van der Waals surface area contributed by atoms with Crippen molar-refractivity contribution < 1.29 is 27.4 Å². The predicted octanol–water partition coefficient (Wildman–Crippen LogP) is 6.01. The fourth-order valence-electron chi connectivity index (χ4n) is 2.91. The number of aliphatic hydroxyl groups excluding tert-OH is 1. The number of hydrogen-bond donors (Lipinski definition) is 3. The van der Waals surface area contributed by atoms with Crippen molar-refractivity contribution in [1.29, 1.82) is 0 Å². The normalized spacial score (nSPS) is 12.5. The molecule has 0 bridgehead atoms. The molecule has 0 unspecified atom stereocenters. The molecule has 0 saturated heterocycles. The highest BCUT2D eigenvalue weighted by Gasteiger charge is 2.31. The Labute approximate surface area is 192 Å². The molecule has 33 heavy (non-hydrogen) atoms. The summed E-state index contributed by atoms with van der Waals surface area (Å²) in [7, 11) is 0. The van der Waals surface area contributed by atoms with Gasteiger partial charge in [-0.2, -0.15) is 4.98 Å². The van der Waals surface area contributed by atoms with E-state index in [2.05, 4.69) is 25.3 Å². The van der Waals surface area contributed by atoms with Crippen molar-refractivity contribution in [3.05, 3.63) is 59.4 Å². The first-order valence-electron chi connectivity index (χ1n) is 9.89. The summed E-state index contributed by atoms with van der Waals surface area (Å²) in [5, 5.41) is 15.5. The zero-order valence-corrected chi connectivity index (χ0v) is 18.4. The van der Waals surface area contributed by atoms with Gasteiger partial charge in [0.2, 0.25) is 5.95 Å². The third kappa shape index (κ3) is 6.69. The second-order valence-electron chi connectivity index (χ2n) is 7.44. The molecule has 0 fully saturated rings. The maximum atomic E-state index is 14.3. The van der Waals surface area contributed by atoms with E-state index in [4.69, 9.17) is 11.6 Å². The molecule has 0 aliphatic carbocycles. The first kappa shape index (κ1) is 24.5. The molecule has 0 aliphatic rings. The molecule has 1 heterocycles. The number of benzene rings is 2. The smallest absolute Gasteiger partial charge is 0.406 e. The van der Waals surface area contributed by atoms with Crippen molar-refractivity contribution in [1.82, 2.24) is 9.97 Å². The van der Waals surface area contributed by atoms with E-state index in [1.807, 2.05) is 13.8 Å². The van der Waals surface area contributed by atoms with E-state index in [0.29, 0.717) is 5.56 Å². The van der Waals surface area contributed by atoms with Crippen LogP contribution in [0.25, 0.3) is 11.3 Å². The SMILES string of the molecule is CC(C)[C@H](CO)Nc1nc(Nc2c(F)cccc2Cl)cc(-c2cccc(OC(F)(F)F)c2)n1. The summed E-state index contributed by atoms with van der Waals surface area (Å²) in [5.74, 6) is -0.805. The molecule has 6 nitrogen and oxygen atoms in total. The minimum atomic E-state index is -4.85. The van der Waals surface area contributed by atoms with Crippen LogP contribution in [0.1, 0.15) is 13.8 Å². The maximum absolute atomic E-state index is 14.3. The van der Waals surface area contributed by atoms with Gasteiger partial charge in [0.1, 0.15) is 17.4 Å². The first-order chi connectivity index (χ1) is 15.6. The van der Waals surface area contributed by atoms with Gasteiger partial charge in [0, 0.05) is 11.6 Å². The number of hydrogen-bond acceptors (Lipinski definition) is 6. The zero-order valence-electron chi connectivity index (χ0n) is 17.6. The number of nitrogens with one attached hydrogen (secondary N) is 2. The van der Waals surface area contributed by atoms with E-state index < -0.39 is 24.0 Å². The number of nitrogens with zero attached hydrogens (tertiary/aromatic N) is 2. The number of rotatable bonds is 8. The Morgan fingerprint density at radius 3 is 2.45 bits per heavy atom. The molecular weight excluding hydrogens is 464 g/mol. The van der Waals surface area contributed by atoms with E-state index in [0.717, 1.165) is 6.07 Å². The highest BCUT2D eigenvalue weighted by molar-refractivity contribution is 6.33. The quantitative estimate of drug-likeness (QED) is 0.340. The summed E-state index contributed by atoms with van der Waals surface area (Å²) in [6.45, 7) is 3.56. The van der Waals surface area contributed by atoms with Gasteiger partial charge in [-0.3, -0.25) is 0 Å². The summed E-state index contributed by atoms with van der Waals surface area (Å²) in [5.41, 5.74) is 0.511. The minimum absolute atomic E-state index is 0.0168. The Morgan fingerprint density at radius 2 is 1.82 bits per heavy atom. The third-order valence-electron chi connectivity index (χ3n) is 4.62. The van der Waals surface area contributed by atoms with Gasteiger partial charge >= 0.3 is 6.36 Å². The van der Waals surface area contributed by atoms with Crippen LogP contribution < -0.4 is 15.4 Å². The van der Waals surface area contributed by atoms with Gasteiger partial charge in [0.15, 0.2) is 0 Å². The average Bonchev–Trinajstić information content (AvgIpc) is 2.73. The van der Waals surface area contributed by atoms with Crippen molar-refractivity contribution in [2.24, 2.45) is 5.92 Å². The summed E-state index contributed by atoms with van der Waals surface area (Å²) in [4.78, 5) is 8.67. The number of anilines is 3. The number of ether oxygens (including phenoxy) is 1. The highest BCUT2D eigenvalue weighted by atomic mass is 35.5. The van der Waals surface area contributed by atoms with Crippen LogP contribution in [0, 0.1) is 11.7 Å². The Balaban J connectivity index is 2.05. The van der Waals surface area contributed by atoms with Gasteiger partial charge in [-0.25, -0.2) is 9.37 Å². The monoisotopic (exact) mass is 484 g/mol. The molecule has 0 aliphatic heterocycles. The predicted molar refractivity (Wildman–Crippen MR) is 118 cm³/mol.